The lowest BCUT2D eigenvalue weighted by molar-refractivity contribution is -0.112. The zero-order valence-electron chi connectivity index (χ0n) is 14.6. The average Bonchev–Trinajstić information content (AvgIpc) is 2.93. The van der Waals surface area contributed by atoms with E-state index in [9.17, 15) is 4.79 Å². The summed E-state index contributed by atoms with van der Waals surface area (Å²) in [6.07, 6.45) is 1.05. The van der Waals surface area contributed by atoms with Gasteiger partial charge in [-0.15, -0.1) is 0 Å². The Hall–Kier alpha value is -2.67. The Morgan fingerprint density at radius 3 is 2.21 bits per heavy atom. The maximum absolute atomic E-state index is 11.9. The Balaban J connectivity index is 0. The molecule has 1 atom stereocenters. The van der Waals surface area contributed by atoms with Gasteiger partial charge in [0, 0.05) is 7.11 Å². The highest BCUT2D eigenvalue weighted by Crippen LogP contribution is 2.25. The van der Waals surface area contributed by atoms with Gasteiger partial charge in [-0.25, -0.2) is 0 Å². The van der Waals surface area contributed by atoms with Gasteiger partial charge in [0.2, 0.25) is 0 Å². The lowest BCUT2D eigenvalue weighted by Crippen LogP contribution is -2.26. The van der Waals surface area contributed by atoms with Gasteiger partial charge in [-0.1, -0.05) is 26.0 Å². The molecule has 2 rings (SSSR count). The number of hydrogen-bond donors (Lipinski definition) is 2. The van der Waals surface area contributed by atoms with Gasteiger partial charge >= 0.3 is 0 Å². The molecule has 0 aliphatic carbocycles. The Labute approximate surface area is 142 Å². The SMILES string of the molecule is C=O.C=O.CCC(C)c1cccc(N2N=C(C)C(=N)C2=O)c1.CO. The van der Waals surface area contributed by atoms with E-state index < -0.39 is 0 Å². The molecule has 0 fully saturated rings. The van der Waals surface area contributed by atoms with Crippen LogP contribution in [0.5, 0.6) is 0 Å². The number of hydrazone groups is 1. The van der Waals surface area contributed by atoms with E-state index >= 15 is 0 Å². The Bertz CT molecular complexity index is 571. The van der Waals surface area contributed by atoms with E-state index in [0.717, 1.165) is 19.2 Å². The molecule has 2 N–H and O–H groups in total. The quantitative estimate of drug-likeness (QED) is 0.881. The van der Waals surface area contributed by atoms with Gasteiger partial charge in [-0.3, -0.25) is 10.2 Å². The Morgan fingerprint density at radius 1 is 1.25 bits per heavy atom. The van der Waals surface area contributed by atoms with E-state index in [1.165, 1.54) is 10.6 Å². The van der Waals surface area contributed by atoms with E-state index in [0.29, 0.717) is 11.6 Å². The molecule has 0 spiro atoms. The molecule has 1 unspecified atom stereocenters. The van der Waals surface area contributed by atoms with Gasteiger partial charge in [0.15, 0.2) is 0 Å². The molecular weight excluding hydrogens is 310 g/mol. The summed E-state index contributed by atoms with van der Waals surface area (Å²) in [6, 6.07) is 7.80. The number of aliphatic hydroxyl groups is 1. The minimum absolute atomic E-state index is 0.0241. The number of nitrogens with one attached hydrogen (secondary N) is 1. The van der Waals surface area contributed by atoms with Crippen molar-refractivity contribution in [2.24, 2.45) is 5.10 Å². The molecule has 7 nitrogen and oxygen atoms in total. The van der Waals surface area contributed by atoms with Crippen LogP contribution >= 0.6 is 0 Å². The fourth-order valence-corrected chi connectivity index (χ4v) is 1.88. The summed E-state index contributed by atoms with van der Waals surface area (Å²) >= 11 is 0. The van der Waals surface area contributed by atoms with Gasteiger partial charge in [-0.05, 0) is 37.0 Å². The van der Waals surface area contributed by atoms with Crippen molar-refractivity contribution in [3.63, 3.8) is 0 Å². The maximum Gasteiger partial charge on any atom is 0.298 e. The highest BCUT2D eigenvalue weighted by molar-refractivity contribution is 6.70. The zero-order valence-corrected chi connectivity index (χ0v) is 14.6. The molecule has 7 heteroatoms. The summed E-state index contributed by atoms with van der Waals surface area (Å²) in [4.78, 5) is 27.9. The molecule has 1 heterocycles. The number of benzene rings is 1. The number of hydrogen-bond acceptors (Lipinski definition) is 6. The van der Waals surface area contributed by atoms with Crippen molar-refractivity contribution in [3.8, 4) is 0 Å². The third-order valence-corrected chi connectivity index (χ3v) is 3.31. The summed E-state index contributed by atoms with van der Waals surface area (Å²) < 4.78 is 0. The van der Waals surface area contributed by atoms with E-state index in [1.807, 2.05) is 31.8 Å². The van der Waals surface area contributed by atoms with Crippen LogP contribution in [0.1, 0.15) is 38.7 Å². The van der Waals surface area contributed by atoms with Crippen LogP contribution in [0.25, 0.3) is 0 Å². The average molecular weight is 335 g/mol. The molecule has 0 saturated carbocycles. The molecule has 0 aromatic heterocycles. The molecule has 1 aliphatic heterocycles. The summed E-state index contributed by atoms with van der Waals surface area (Å²) in [6.45, 7) is 9.97. The number of amides is 1. The second-order valence-electron chi connectivity index (χ2n) is 4.58. The third-order valence-electron chi connectivity index (χ3n) is 3.31. The van der Waals surface area contributed by atoms with Gasteiger partial charge in [-0.2, -0.15) is 10.1 Å². The number of carbonyl (C=O) groups is 3. The first-order chi connectivity index (χ1) is 11.5. The fourth-order valence-electron chi connectivity index (χ4n) is 1.88. The van der Waals surface area contributed by atoms with Crippen molar-refractivity contribution < 1.29 is 19.5 Å². The Morgan fingerprint density at radius 2 is 1.79 bits per heavy atom. The predicted octanol–water partition coefficient (Wildman–Crippen LogP) is 2.18. The number of nitrogens with zero attached hydrogens (tertiary/aromatic N) is 2. The summed E-state index contributed by atoms with van der Waals surface area (Å²) in [5.74, 6) is 0.0981. The first kappa shape index (κ1) is 23.6. The second kappa shape index (κ2) is 12.8. The topological polar surface area (TPSA) is 111 Å². The van der Waals surface area contributed by atoms with Crippen LogP contribution in [-0.4, -0.2) is 43.1 Å². The molecule has 1 amide bonds. The van der Waals surface area contributed by atoms with Crippen LogP contribution in [0.2, 0.25) is 0 Å². The van der Waals surface area contributed by atoms with Crippen LogP contribution in [0.4, 0.5) is 5.69 Å². The van der Waals surface area contributed by atoms with Gasteiger partial charge in [0.05, 0.1) is 11.4 Å². The van der Waals surface area contributed by atoms with Gasteiger partial charge in [0.25, 0.3) is 5.91 Å². The van der Waals surface area contributed by atoms with E-state index in [-0.39, 0.29) is 11.6 Å². The molecule has 24 heavy (non-hydrogen) atoms. The van der Waals surface area contributed by atoms with Crippen LogP contribution in [0.15, 0.2) is 29.4 Å². The van der Waals surface area contributed by atoms with Crippen molar-refractivity contribution in [1.29, 1.82) is 5.41 Å². The summed E-state index contributed by atoms with van der Waals surface area (Å²) in [7, 11) is 1.00. The van der Waals surface area contributed by atoms with Crippen molar-refractivity contribution >= 4 is 36.6 Å². The standard InChI is InChI=1S/C14H17N3O.CH4O.2CH2O/c1-4-9(2)11-6-5-7-12(8-11)17-14(18)13(15)10(3)16-17;3*1-2/h5-9,15H,4H2,1-3H3;2H,1H3;2*1H2. The smallest absolute Gasteiger partial charge is 0.298 e. The van der Waals surface area contributed by atoms with E-state index in [2.05, 4.69) is 25.0 Å². The highest BCUT2D eigenvalue weighted by Gasteiger charge is 2.28. The maximum atomic E-state index is 11.9. The molecule has 132 valence electrons. The number of aliphatic hydroxyl groups excluding tert-OH is 1. The molecule has 1 aliphatic rings. The molecule has 1 aromatic carbocycles. The monoisotopic (exact) mass is 335 g/mol. The Kier molecular flexibility index (Phi) is 12.6. The van der Waals surface area contributed by atoms with Crippen molar-refractivity contribution in [2.45, 2.75) is 33.1 Å². The number of carbonyl (C=O) groups excluding carboxylic acids is 3. The lowest BCUT2D eigenvalue weighted by atomic mass is 9.98. The van der Waals surface area contributed by atoms with Gasteiger partial charge < -0.3 is 14.7 Å². The normalized spacial score (nSPS) is 13.4. The van der Waals surface area contributed by atoms with E-state index in [4.69, 9.17) is 20.1 Å². The molecule has 0 bridgehead atoms. The van der Waals surface area contributed by atoms with Crippen molar-refractivity contribution in [1.82, 2.24) is 0 Å². The summed E-state index contributed by atoms with van der Waals surface area (Å²) in [5.41, 5.74) is 2.37. The molecule has 1 aromatic rings. The van der Waals surface area contributed by atoms with E-state index in [1.54, 1.807) is 6.92 Å². The summed E-state index contributed by atoms with van der Waals surface area (Å²) in [5, 5.41) is 20.0. The largest absolute Gasteiger partial charge is 0.400 e. The third kappa shape index (κ3) is 5.85. The second-order valence-corrected chi connectivity index (χ2v) is 4.58. The van der Waals surface area contributed by atoms with Crippen LogP contribution < -0.4 is 5.01 Å². The predicted molar refractivity (Wildman–Crippen MR) is 95.9 cm³/mol. The van der Waals surface area contributed by atoms with Crippen molar-refractivity contribution in [2.75, 3.05) is 12.1 Å². The fraction of sp³-hybridized carbons (Fsp3) is 0.353. The molecule has 0 saturated heterocycles. The first-order valence-electron chi connectivity index (χ1n) is 7.15. The van der Waals surface area contributed by atoms with Crippen LogP contribution in [0.3, 0.4) is 0 Å². The van der Waals surface area contributed by atoms with Crippen molar-refractivity contribution in [3.05, 3.63) is 29.8 Å². The zero-order chi connectivity index (χ0) is 19.3. The first-order valence-corrected chi connectivity index (χ1v) is 7.15. The number of rotatable bonds is 3. The lowest BCUT2D eigenvalue weighted by Gasteiger charge is -2.15. The molecule has 0 radical (unpaired) electrons. The molecular formula is C17H25N3O4. The highest BCUT2D eigenvalue weighted by atomic mass is 16.2. The number of anilines is 1. The minimum Gasteiger partial charge on any atom is -0.400 e. The van der Waals surface area contributed by atoms with Crippen LogP contribution in [-0.2, 0) is 14.4 Å². The minimum atomic E-state index is -0.353. The van der Waals surface area contributed by atoms with Gasteiger partial charge in [0.1, 0.15) is 19.3 Å². The van der Waals surface area contributed by atoms with Crippen LogP contribution in [0, 0.1) is 5.41 Å².